The molecule has 9 nitrogen and oxygen atoms in total. The van der Waals surface area contributed by atoms with Crippen molar-refractivity contribution in [3.8, 4) is 0 Å². The molecule has 3 amide bonds. The van der Waals surface area contributed by atoms with Crippen LogP contribution in [0.5, 0.6) is 0 Å². The number of rotatable bonds is 5. The minimum absolute atomic E-state index is 0.108. The maximum absolute atomic E-state index is 13.1. The van der Waals surface area contributed by atoms with Crippen LogP contribution in [-0.2, 0) is 12.7 Å². The zero-order valence-electron chi connectivity index (χ0n) is 21.4. The Labute approximate surface area is 219 Å². The van der Waals surface area contributed by atoms with E-state index >= 15 is 0 Å². The van der Waals surface area contributed by atoms with Gasteiger partial charge in [0.1, 0.15) is 0 Å². The number of primary amides is 1. The molecule has 3 fully saturated rings. The van der Waals surface area contributed by atoms with Crippen LogP contribution in [0.4, 0.5) is 23.9 Å². The predicted molar refractivity (Wildman–Crippen MR) is 134 cm³/mol. The number of nitrogens with two attached hydrogens (primary N) is 1. The maximum Gasteiger partial charge on any atom is 0.419 e. The Morgan fingerprint density at radius 1 is 1.05 bits per heavy atom. The van der Waals surface area contributed by atoms with E-state index < -0.39 is 17.6 Å². The SMILES string of the molecule is C[C@@H]1CN(c2ncc(C(F)(F)F)cn2)C[C@@H](C)N1C(=O)NC1CC2(C1)CN(Cc1ccc(C(N)=O)cc1)C2. The second-order valence-electron chi connectivity index (χ2n) is 11.0. The number of benzene rings is 1. The van der Waals surface area contributed by atoms with Crippen LogP contribution in [0, 0.1) is 5.41 Å². The van der Waals surface area contributed by atoms with Crippen molar-refractivity contribution in [3.63, 3.8) is 0 Å². The summed E-state index contributed by atoms with van der Waals surface area (Å²) < 4.78 is 38.5. The molecule has 204 valence electrons. The molecule has 38 heavy (non-hydrogen) atoms. The van der Waals surface area contributed by atoms with Gasteiger partial charge in [-0.05, 0) is 49.8 Å². The Morgan fingerprint density at radius 2 is 1.63 bits per heavy atom. The second kappa shape index (κ2) is 9.72. The fourth-order valence-electron chi connectivity index (χ4n) is 6.16. The number of hydrogen-bond acceptors (Lipinski definition) is 6. The molecule has 2 aromatic rings. The largest absolute Gasteiger partial charge is 0.419 e. The van der Waals surface area contributed by atoms with E-state index in [2.05, 4.69) is 20.2 Å². The fraction of sp³-hybridized carbons (Fsp3) is 0.538. The standard InChI is InChI=1S/C26H32F3N7O2/c1-16-11-35(23-31-9-20(10-32-23)26(27,28)29)12-17(2)36(16)24(38)33-21-7-25(8-21)14-34(15-25)13-18-3-5-19(6-4-18)22(30)37/h3-6,9-10,16-17,21H,7-8,11-15H2,1-2H3,(H2,30,37)(H,33,38)/t16-,17-/m1/s1. The zero-order chi connectivity index (χ0) is 27.2. The minimum atomic E-state index is -4.48. The first-order valence-corrected chi connectivity index (χ1v) is 12.8. The molecule has 0 radical (unpaired) electrons. The molecule has 2 aliphatic heterocycles. The summed E-state index contributed by atoms with van der Waals surface area (Å²) in [6, 6.07) is 7.08. The van der Waals surface area contributed by atoms with Crippen molar-refractivity contribution >= 4 is 17.9 Å². The maximum atomic E-state index is 13.1. The van der Waals surface area contributed by atoms with Gasteiger partial charge in [-0.1, -0.05) is 12.1 Å². The fourth-order valence-corrected chi connectivity index (χ4v) is 6.16. The summed E-state index contributed by atoms with van der Waals surface area (Å²) in [4.78, 5) is 38.2. The van der Waals surface area contributed by atoms with Gasteiger partial charge in [0.05, 0.1) is 5.56 Å². The molecule has 3 heterocycles. The lowest BCUT2D eigenvalue weighted by Crippen LogP contribution is -2.68. The quantitative estimate of drug-likeness (QED) is 0.615. The number of anilines is 1. The summed E-state index contributed by atoms with van der Waals surface area (Å²) in [6.45, 7) is 7.51. The Morgan fingerprint density at radius 3 is 2.16 bits per heavy atom. The highest BCUT2D eigenvalue weighted by Crippen LogP contribution is 2.48. The summed E-state index contributed by atoms with van der Waals surface area (Å²) in [5, 5.41) is 3.18. The molecule has 5 rings (SSSR count). The normalized spacial score (nSPS) is 23.6. The summed E-state index contributed by atoms with van der Waals surface area (Å²) in [6.07, 6.45) is -1.00. The molecule has 0 bridgehead atoms. The summed E-state index contributed by atoms with van der Waals surface area (Å²) in [5.41, 5.74) is 6.31. The van der Waals surface area contributed by atoms with Gasteiger partial charge in [0.25, 0.3) is 0 Å². The highest BCUT2D eigenvalue weighted by atomic mass is 19.4. The molecule has 2 atom stereocenters. The van der Waals surface area contributed by atoms with Crippen LogP contribution in [0.3, 0.4) is 0 Å². The highest BCUT2D eigenvalue weighted by molar-refractivity contribution is 5.92. The van der Waals surface area contributed by atoms with Crippen molar-refractivity contribution in [3.05, 3.63) is 53.3 Å². The minimum Gasteiger partial charge on any atom is -0.366 e. The van der Waals surface area contributed by atoms with E-state index in [1.54, 1.807) is 12.1 Å². The van der Waals surface area contributed by atoms with Gasteiger partial charge in [-0.3, -0.25) is 9.69 Å². The van der Waals surface area contributed by atoms with E-state index in [-0.39, 0.29) is 35.5 Å². The summed E-state index contributed by atoms with van der Waals surface area (Å²) in [5.74, 6) is -0.197. The molecule has 1 spiro atoms. The number of likely N-dealkylation sites (tertiary alicyclic amines) is 1. The summed E-state index contributed by atoms with van der Waals surface area (Å²) in [7, 11) is 0. The van der Waals surface area contributed by atoms with Crippen molar-refractivity contribution in [2.24, 2.45) is 11.1 Å². The van der Waals surface area contributed by atoms with Crippen LogP contribution in [0.2, 0.25) is 0 Å². The van der Waals surface area contributed by atoms with E-state index in [0.29, 0.717) is 18.7 Å². The lowest BCUT2D eigenvalue weighted by atomic mass is 9.60. The van der Waals surface area contributed by atoms with Gasteiger partial charge in [0.2, 0.25) is 11.9 Å². The molecule has 1 saturated carbocycles. The van der Waals surface area contributed by atoms with E-state index in [9.17, 15) is 22.8 Å². The molecule has 1 aromatic heterocycles. The molecule has 2 saturated heterocycles. The Balaban J connectivity index is 1.07. The second-order valence-corrected chi connectivity index (χ2v) is 11.0. The number of piperazine rings is 1. The molecule has 0 unspecified atom stereocenters. The van der Waals surface area contributed by atoms with Crippen molar-refractivity contribution in [2.75, 3.05) is 31.1 Å². The van der Waals surface area contributed by atoms with Crippen molar-refractivity contribution in [1.29, 1.82) is 0 Å². The first-order chi connectivity index (χ1) is 17.9. The van der Waals surface area contributed by atoms with Gasteiger partial charge in [0, 0.05) is 68.8 Å². The van der Waals surface area contributed by atoms with E-state index in [1.165, 1.54) is 0 Å². The first kappa shape index (κ1) is 26.2. The number of carbonyl (C=O) groups excluding carboxylic acids is 2. The third-order valence-corrected chi connectivity index (χ3v) is 7.85. The monoisotopic (exact) mass is 531 g/mol. The summed E-state index contributed by atoms with van der Waals surface area (Å²) >= 11 is 0. The number of hydrogen-bond donors (Lipinski definition) is 2. The molecular formula is C26H32F3N7O2. The average molecular weight is 532 g/mol. The van der Waals surface area contributed by atoms with E-state index in [0.717, 1.165) is 50.4 Å². The Bertz CT molecular complexity index is 1160. The number of carbonyl (C=O) groups is 2. The number of urea groups is 1. The highest BCUT2D eigenvalue weighted by Gasteiger charge is 2.52. The van der Waals surface area contributed by atoms with E-state index in [1.807, 2.05) is 35.8 Å². The number of nitrogens with one attached hydrogen (secondary N) is 1. The Kier molecular flexibility index (Phi) is 6.70. The third kappa shape index (κ3) is 5.27. The van der Waals surface area contributed by atoms with Gasteiger partial charge >= 0.3 is 12.2 Å². The molecule has 1 aliphatic carbocycles. The molecule has 3 aliphatic rings. The zero-order valence-corrected chi connectivity index (χ0v) is 21.4. The molecule has 3 N–H and O–H groups in total. The third-order valence-electron chi connectivity index (χ3n) is 7.85. The molecular weight excluding hydrogens is 499 g/mol. The lowest BCUT2D eigenvalue weighted by Gasteiger charge is -2.59. The molecule has 1 aromatic carbocycles. The van der Waals surface area contributed by atoms with Crippen molar-refractivity contribution in [2.45, 2.75) is 57.5 Å². The number of nitrogens with zero attached hydrogens (tertiary/aromatic N) is 5. The van der Waals surface area contributed by atoms with Crippen LogP contribution in [0.25, 0.3) is 0 Å². The van der Waals surface area contributed by atoms with Crippen LogP contribution >= 0.6 is 0 Å². The van der Waals surface area contributed by atoms with Crippen LogP contribution in [0.1, 0.15) is 48.2 Å². The first-order valence-electron chi connectivity index (χ1n) is 12.8. The topological polar surface area (TPSA) is 108 Å². The number of halogens is 3. The van der Waals surface area contributed by atoms with Gasteiger partial charge in [-0.15, -0.1) is 0 Å². The van der Waals surface area contributed by atoms with Gasteiger partial charge in [0.15, 0.2) is 0 Å². The van der Waals surface area contributed by atoms with Crippen LogP contribution in [-0.4, -0.2) is 76.0 Å². The number of amides is 3. The van der Waals surface area contributed by atoms with Crippen molar-refractivity contribution < 1.29 is 22.8 Å². The smallest absolute Gasteiger partial charge is 0.366 e. The average Bonchev–Trinajstić information content (AvgIpc) is 2.80. The number of aromatic nitrogens is 2. The number of alkyl halides is 3. The van der Waals surface area contributed by atoms with Crippen molar-refractivity contribution in [1.82, 2.24) is 25.1 Å². The lowest BCUT2D eigenvalue weighted by molar-refractivity contribution is -0.138. The Hall–Kier alpha value is -3.41. The molecule has 12 heteroatoms. The van der Waals surface area contributed by atoms with Gasteiger partial charge in [-0.25, -0.2) is 14.8 Å². The van der Waals surface area contributed by atoms with Crippen LogP contribution in [0.15, 0.2) is 36.7 Å². The van der Waals surface area contributed by atoms with Gasteiger partial charge in [-0.2, -0.15) is 13.2 Å². The van der Waals surface area contributed by atoms with Crippen LogP contribution < -0.4 is 16.0 Å². The van der Waals surface area contributed by atoms with E-state index in [4.69, 9.17) is 5.73 Å². The van der Waals surface area contributed by atoms with Gasteiger partial charge < -0.3 is 20.9 Å². The predicted octanol–water partition coefficient (Wildman–Crippen LogP) is 2.87.